The lowest BCUT2D eigenvalue weighted by atomic mass is 10.0. The number of hydrogen-bond acceptors (Lipinski definition) is 6. The Labute approximate surface area is 136 Å². The van der Waals surface area contributed by atoms with E-state index >= 15 is 0 Å². The Balaban J connectivity index is 2.11. The highest BCUT2D eigenvalue weighted by Crippen LogP contribution is 2.42. The van der Waals surface area contributed by atoms with Crippen LogP contribution in [0.1, 0.15) is 57.8 Å². The molecule has 0 aromatic heterocycles. The maximum absolute atomic E-state index is 10.0. The molecular weight excluding hydrogens is 300 g/mol. The minimum absolute atomic E-state index is 0.0297. The second kappa shape index (κ2) is 7.86. The van der Waals surface area contributed by atoms with Crippen molar-refractivity contribution in [3.63, 3.8) is 0 Å². The highest BCUT2D eigenvalue weighted by Gasteiger charge is 2.33. The van der Waals surface area contributed by atoms with E-state index in [-0.39, 0.29) is 41.1 Å². The number of phenolic OH excluding ortho intramolecular Hbond substituents is 3. The Bertz CT molecular complexity index is 493. The van der Waals surface area contributed by atoms with E-state index in [1.54, 1.807) is 6.92 Å². The van der Waals surface area contributed by atoms with Gasteiger partial charge >= 0.3 is 0 Å². The quantitative estimate of drug-likeness (QED) is 0.641. The van der Waals surface area contributed by atoms with Crippen LogP contribution < -0.4 is 0 Å². The first kappa shape index (κ1) is 17.8. The van der Waals surface area contributed by atoms with Gasteiger partial charge in [-0.15, -0.1) is 0 Å². The predicted molar refractivity (Wildman–Crippen MR) is 84.4 cm³/mol. The van der Waals surface area contributed by atoms with Crippen LogP contribution in [0.3, 0.4) is 0 Å². The van der Waals surface area contributed by atoms with Crippen molar-refractivity contribution < 1.29 is 29.9 Å². The summed E-state index contributed by atoms with van der Waals surface area (Å²) in [4.78, 5) is 0. The van der Waals surface area contributed by atoms with Crippen molar-refractivity contribution in [1.29, 1.82) is 0 Å². The Morgan fingerprint density at radius 3 is 2.30 bits per heavy atom. The number of phenols is 3. The molecule has 0 radical (unpaired) electrons. The molecule has 1 fully saturated rings. The number of rotatable bonds is 6. The topological polar surface area (TPSA) is 99.4 Å². The van der Waals surface area contributed by atoms with Crippen LogP contribution in [0.4, 0.5) is 0 Å². The lowest BCUT2D eigenvalue weighted by Gasteiger charge is -2.36. The Hall–Kier alpha value is -1.50. The smallest absolute Gasteiger partial charge is 0.191 e. The fourth-order valence-corrected chi connectivity index (χ4v) is 2.86. The SMILES string of the molecule is CCC1CC(CCC[C@H](C)O)OC(c2c(O)cc(O)cc2O)O1. The van der Waals surface area contributed by atoms with E-state index in [1.165, 1.54) is 0 Å². The van der Waals surface area contributed by atoms with Gasteiger partial charge in [0.25, 0.3) is 0 Å². The van der Waals surface area contributed by atoms with E-state index in [4.69, 9.17) is 9.47 Å². The Morgan fingerprint density at radius 2 is 1.74 bits per heavy atom. The van der Waals surface area contributed by atoms with Crippen LogP contribution in [0.5, 0.6) is 17.2 Å². The molecular formula is C17H26O6. The molecule has 0 bridgehead atoms. The van der Waals surface area contributed by atoms with Crippen LogP contribution >= 0.6 is 0 Å². The number of aromatic hydroxyl groups is 3. The summed E-state index contributed by atoms with van der Waals surface area (Å²) in [7, 11) is 0. The van der Waals surface area contributed by atoms with Crippen molar-refractivity contribution in [2.24, 2.45) is 0 Å². The molecule has 4 atom stereocenters. The van der Waals surface area contributed by atoms with Gasteiger partial charge in [0.1, 0.15) is 17.2 Å². The van der Waals surface area contributed by atoms with Gasteiger partial charge in [0, 0.05) is 18.6 Å². The minimum atomic E-state index is -0.870. The summed E-state index contributed by atoms with van der Waals surface area (Å²) in [6.45, 7) is 3.77. The monoisotopic (exact) mass is 326 g/mol. The molecule has 1 aromatic rings. The second-order valence-electron chi connectivity index (χ2n) is 6.17. The highest BCUT2D eigenvalue weighted by atomic mass is 16.7. The van der Waals surface area contributed by atoms with Gasteiger partial charge in [0.15, 0.2) is 6.29 Å². The van der Waals surface area contributed by atoms with Crippen molar-refractivity contribution >= 4 is 0 Å². The van der Waals surface area contributed by atoms with Gasteiger partial charge in [-0.05, 0) is 32.6 Å². The summed E-state index contributed by atoms with van der Waals surface area (Å²) in [6, 6.07) is 2.31. The molecule has 6 nitrogen and oxygen atoms in total. The largest absolute Gasteiger partial charge is 0.508 e. The zero-order valence-electron chi connectivity index (χ0n) is 13.6. The molecule has 23 heavy (non-hydrogen) atoms. The number of aliphatic hydroxyl groups excluding tert-OH is 1. The molecule has 0 aliphatic carbocycles. The first-order valence-corrected chi connectivity index (χ1v) is 8.14. The molecule has 0 saturated carbocycles. The van der Waals surface area contributed by atoms with Gasteiger partial charge in [0.2, 0.25) is 0 Å². The molecule has 2 rings (SSSR count). The van der Waals surface area contributed by atoms with Crippen LogP contribution in [0.2, 0.25) is 0 Å². The zero-order valence-corrected chi connectivity index (χ0v) is 13.6. The van der Waals surface area contributed by atoms with Gasteiger partial charge in [0.05, 0.1) is 23.9 Å². The molecule has 130 valence electrons. The Kier molecular flexibility index (Phi) is 6.10. The van der Waals surface area contributed by atoms with E-state index in [0.717, 1.165) is 37.8 Å². The third-order valence-electron chi connectivity index (χ3n) is 4.12. The average Bonchev–Trinajstić information content (AvgIpc) is 2.45. The summed E-state index contributed by atoms with van der Waals surface area (Å²) in [6.07, 6.45) is 2.56. The standard InChI is InChI=1S/C17H26O6/c1-3-12-9-13(6-4-5-10(2)18)23-17(22-12)16-14(20)7-11(19)8-15(16)21/h7-8,10,12-13,17-21H,3-6,9H2,1-2H3/t10-,12?,13?,17?/m0/s1. The molecule has 0 spiro atoms. The van der Waals surface area contributed by atoms with Crippen LogP contribution in [0, 0.1) is 0 Å². The maximum Gasteiger partial charge on any atom is 0.191 e. The minimum Gasteiger partial charge on any atom is -0.508 e. The summed E-state index contributed by atoms with van der Waals surface area (Å²) >= 11 is 0. The molecule has 0 amide bonds. The van der Waals surface area contributed by atoms with E-state index in [2.05, 4.69) is 0 Å². The summed E-state index contributed by atoms with van der Waals surface area (Å²) in [5.41, 5.74) is 0.140. The van der Waals surface area contributed by atoms with Crippen molar-refractivity contribution in [3.8, 4) is 17.2 Å². The van der Waals surface area contributed by atoms with Gasteiger partial charge in [-0.2, -0.15) is 0 Å². The highest BCUT2D eigenvalue weighted by molar-refractivity contribution is 5.49. The normalized spacial score (nSPS) is 26.1. The summed E-state index contributed by atoms with van der Waals surface area (Å²) in [5.74, 6) is -0.737. The van der Waals surface area contributed by atoms with E-state index < -0.39 is 6.29 Å². The Morgan fingerprint density at radius 1 is 1.13 bits per heavy atom. The van der Waals surface area contributed by atoms with E-state index in [9.17, 15) is 20.4 Å². The fourth-order valence-electron chi connectivity index (χ4n) is 2.86. The average molecular weight is 326 g/mol. The van der Waals surface area contributed by atoms with Crippen LogP contribution in [0.15, 0.2) is 12.1 Å². The third kappa shape index (κ3) is 4.73. The molecule has 1 saturated heterocycles. The number of aliphatic hydroxyl groups is 1. The lowest BCUT2D eigenvalue weighted by Crippen LogP contribution is -2.33. The van der Waals surface area contributed by atoms with Gasteiger partial charge in [-0.3, -0.25) is 0 Å². The van der Waals surface area contributed by atoms with Gasteiger partial charge in [-0.25, -0.2) is 0 Å². The summed E-state index contributed by atoms with van der Waals surface area (Å²) < 4.78 is 11.7. The molecule has 1 heterocycles. The molecule has 1 aliphatic rings. The number of hydrogen-bond donors (Lipinski definition) is 4. The third-order valence-corrected chi connectivity index (χ3v) is 4.12. The fraction of sp³-hybridized carbons (Fsp3) is 0.647. The maximum atomic E-state index is 10.0. The van der Waals surface area contributed by atoms with Crippen molar-refractivity contribution in [2.75, 3.05) is 0 Å². The predicted octanol–water partition coefficient (Wildman–Crippen LogP) is 2.94. The molecule has 1 aliphatic heterocycles. The number of benzene rings is 1. The van der Waals surface area contributed by atoms with Gasteiger partial charge in [-0.1, -0.05) is 6.92 Å². The molecule has 6 heteroatoms. The van der Waals surface area contributed by atoms with Crippen LogP contribution in [-0.2, 0) is 9.47 Å². The molecule has 3 unspecified atom stereocenters. The molecule has 4 N–H and O–H groups in total. The first-order valence-electron chi connectivity index (χ1n) is 8.14. The second-order valence-corrected chi connectivity index (χ2v) is 6.17. The lowest BCUT2D eigenvalue weighted by molar-refractivity contribution is -0.250. The summed E-state index contributed by atoms with van der Waals surface area (Å²) in [5, 5.41) is 38.8. The van der Waals surface area contributed by atoms with Crippen molar-refractivity contribution in [3.05, 3.63) is 17.7 Å². The van der Waals surface area contributed by atoms with Gasteiger partial charge < -0.3 is 29.9 Å². The van der Waals surface area contributed by atoms with Crippen molar-refractivity contribution in [1.82, 2.24) is 0 Å². The van der Waals surface area contributed by atoms with Crippen molar-refractivity contribution in [2.45, 2.75) is 70.6 Å². The zero-order chi connectivity index (χ0) is 17.0. The van der Waals surface area contributed by atoms with Crippen LogP contribution in [-0.4, -0.2) is 38.7 Å². The number of ether oxygens (including phenoxy) is 2. The van der Waals surface area contributed by atoms with E-state index in [0.29, 0.717) is 6.42 Å². The van der Waals surface area contributed by atoms with E-state index in [1.807, 2.05) is 6.92 Å². The molecule has 1 aromatic carbocycles. The first-order chi connectivity index (χ1) is 10.9. The van der Waals surface area contributed by atoms with Crippen LogP contribution in [0.25, 0.3) is 0 Å².